The standard InChI is InChI=1S/C12H21NO3.C11H21NO3.C7H16.C6H14.2C2H6/c1-9(2)10(15)5-6-11(16)13-12(3,4)7-8-14;1-4-9(14)5-6-10(15)12-11(2,3)7-8-13;1-6(2)5-7(3)4;1-4-5-6(2)3;2*1-2/h5-6,9,14H,7-8H2,1-4H3,(H,13,16);13H,4-8H2,1-3H3,(H,12,15);6-7H,5H2,1-4H3;6H,4-5H2,1-3H3;2*1-2H3/b6-5+;;;;;. The summed E-state index contributed by atoms with van der Waals surface area (Å²) in [6.07, 6.45) is 8.60. The number of carbonyl (C=O) groups excluding carboxylic acids is 4. The SMILES string of the molecule is CC.CC.CC(C)C(=O)/C=C/C(=O)NC(C)(C)CCO.CC(C)CC(C)C.CCC(=O)CCC(=O)NC(C)(C)CCO.CCCC(C)C. The van der Waals surface area contributed by atoms with Crippen LogP contribution in [-0.2, 0) is 19.2 Å². The Morgan fingerprint density at radius 1 is 0.646 bits per heavy atom. The van der Waals surface area contributed by atoms with E-state index in [0.29, 0.717) is 25.7 Å². The molecule has 0 saturated carbocycles. The van der Waals surface area contributed by atoms with Crippen molar-refractivity contribution < 1.29 is 29.4 Å². The maximum atomic E-state index is 11.4. The number of hydrogen-bond acceptors (Lipinski definition) is 6. The average Bonchev–Trinajstić information content (AvgIpc) is 2.96. The van der Waals surface area contributed by atoms with Crippen LogP contribution in [0.4, 0.5) is 0 Å². The highest BCUT2D eigenvalue weighted by atomic mass is 16.3. The second-order valence-corrected chi connectivity index (χ2v) is 14.2. The molecule has 0 radical (unpaired) electrons. The summed E-state index contributed by atoms with van der Waals surface area (Å²) in [5.41, 5.74) is -0.863. The molecule has 0 unspecified atom stereocenters. The molecular formula is C40H84N2O6. The van der Waals surface area contributed by atoms with Crippen LogP contribution in [0.1, 0.15) is 176 Å². The van der Waals surface area contributed by atoms with Crippen LogP contribution >= 0.6 is 0 Å². The van der Waals surface area contributed by atoms with E-state index in [4.69, 9.17) is 10.2 Å². The van der Waals surface area contributed by atoms with Crippen LogP contribution < -0.4 is 10.6 Å². The molecule has 0 atom stereocenters. The Balaban J connectivity index is -0.000000126. The van der Waals surface area contributed by atoms with E-state index in [-0.39, 0.29) is 48.9 Å². The summed E-state index contributed by atoms with van der Waals surface area (Å²) in [6.45, 7) is 36.5. The Morgan fingerprint density at radius 3 is 1.33 bits per heavy atom. The molecule has 0 heterocycles. The topological polar surface area (TPSA) is 133 Å². The number of aliphatic hydroxyl groups excluding tert-OH is 2. The van der Waals surface area contributed by atoms with Gasteiger partial charge in [-0.15, -0.1) is 0 Å². The van der Waals surface area contributed by atoms with Crippen molar-refractivity contribution in [3.8, 4) is 0 Å². The highest BCUT2D eigenvalue weighted by molar-refractivity contribution is 5.98. The van der Waals surface area contributed by atoms with Crippen molar-refractivity contribution in [3.63, 3.8) is 0 Å². The van der Waals surface area contributed by atoms with E-state index in [1.807, 2.05) is 55.4 Å². The van der Waals surface area contributed by atoms with Crippen molar-refractivity contribution >= 4 is 23.4 Å². The van der Waals surface area contributed by atoms with E-state index >= 15 is 0 Å². The van der Waals surface area contributed by atoms with E-state index in [1.165, 1.54) is 31.4 Å². The van der Waals surface area contributed by atoms with E-state index in [0.717, 1.165) is 17.8 Å². The summed E-state index contributed by atoms with van der Waals surface area (Å²) < 4.78 is 0. The molecule has 290 valence electrons. The van der Waals surface area contributed by atoms with Crippen molar-refractivity contribution in [2.45, 2.75) is 187 Å². The molecule has 0 aromatic heterocycles. The smallest absolute Gasteiger partial charge is 0.244 e. The number of aliphatic hydroxyl groups is 2. The maximum absolute atomic E-state index is 11.4. The van der Waals surface area contributed by atoms with Gasteiger partial charge >= 0.3 is 0 Å². The molecule has 0 rings (SSSR count). The molecule has 0 aliphatic heterocycles. The predicted octanol–water partition coefficient (Wildman–Crippen LogP) is 9.25. The van der Waals surface area contributed by atoms with E-state index in [9.17, 15) is 19.2 Å². The zero-order valence-electron chi connectivity index (χ0n) is 35.1. The number of hydrogen-bond donors (Lipinski definition) is 4. The molecular weight excluding hydrogens is 604 g/mol. The van der Waals surface area contributed by atoms with Gasteiger partial charge in [0.15, 0.2) is 5.78 Å². The number of allylic oxidation sites excluding steroid dienone is 1. The fourth-order valence-electron chi connectivity index (χ4n) is 3.80. The predicted molar refractivity (Wildman–Crippen MR) is 208 cm³/mol. The van der Waals surface area contributed by atoms with Gasteiger partial charge in [-0.05, 0) is 70.8 Å². The first-order valence-electron chi connectivity index (χ1n) is 18.7. The van der Waals surface area contributed by atoms with Crippen molar-refractivity contribution in [1.82, 2.24) is 10.6 Å². The molecule has 2 amide bonds. The lowest BCUT2D eigenvalue weighted by Gasteiger charge is -2.25. The Hall–Kier alpha value is -2.06. The summed E-state index contributed by atoms with van der Waals surface area (Å²) in [5.74, 6) is 2.13. The fraction of sp³-hybridized carbons (Fsp3) is 0.850. The van der Waals surface area contributed by atoms with Crippen LogP contribution in [0.25, 0.3) is 0 Å². The Kier molecular flexibility index (Phi) is 45.7. The highest BCUT2D eigenvalue weighted by Crippen LogP contribution is 2.09. The normalized spacial score (nSPS) is 10.7. The number of carbonyl (C=O) groups is 4. The van der Waals surface area contributed by atoms with Crippen LogP contribution in [-0.4, -0.2) is 57.9 Å². The monoisotopic (exact) mass is 689 g/mol. The molecule has 0 aliphatic carbocycles. The average molecular weight is 689 g/mol. The third kappa shape index (κ3) is 53.4. The molecule has 8 heteroatoms. The summed E-state index contributed by atoms with van der Waals surface area (Å²) >= 11 is 0. The minimum absolute atomic E-state index is 0.0158. The van der Waals surface area contributed by atoms with Gasteiger partial charge in [0.1, 0.15) is 5.78 Å². The Bertz CT molecular complexity index is 779. The fourth-order valence-corrected chi connectivity index (χ4v) is 3.80. The van der Waals surface area contributed by atoms with Gasteiger partial charge in [0.2, 0.25) is 11.8 Å². The summed E-state index contributed by atoms with van der Waals surface area (Å²) in [6, 6.07) is 0. The molecule has 0 aromatic carbocycles. The maximum Gasteiger partial charge on any atom is 0.244 e. The van der Waals surface area contributed by atoms with Crippen LogP contribution in [0.5, 0.6) is 0 Å². The van der Waals surface area contributed by atoms with Gasteiger partial charge in [0.05, 0.1) is 0 Å². The third-order valence-corrected chi connectivity index (χ3v) is 6.22. The number of ketones is 2. The van der Waals surface area contributed by atoms with Gasteiger partial charge in [-0.1, -0.05) is 110 Å². The minimum Gasteiger partial charge on any atom is -0.396 e. The quantitative estimate of drug-likeness (QED) is 0.113. The lowest BCUT2D eigenvalue weighted by Crippen LogP contribution is -2.44. The second kappa shape index (κ2) is 37.8. The molecule has 0 saturated heterocycles. The number of Topliss-reactive ketones (excluding diaryl/α,β-unsaturated/α-hetero) is 1. The van der Waals surface area contributed by atoms with E-state index in [1.54, 1.807) is 20.8 Å². The van der Waals surface area contributed by atoms with E-state index < -0.39 is 11.1 Å². The number of nitrogens with one attached hydrogen (secondary N) is 2. The third-order valence-electron chi connectivity index (χ3n) is 6.22. The van der Waals surface area contributed by atoms with Gasteiger partial charge in [0, 0.05) is 55.5 Å². The lowest BCUT2D eigenvalue weighted by atomic mass is 10.0. The van der Waals surface area contributed by atoms with E-state index in [2.05, 4.69) is 59.1 Å². The summed E-state index contributed by atoms with van der Waals surface area (Å²) in [4.78, 5) is 45.1. The number of amides is 2. The van der Waals surface area contributed by atoms with Crippen LogP contribution in [0, 0.1) is 23.7 Å². The molecule has 0 fully saturated rings. The summed E-state index contributed by atoms with van der Waals surface area (Å²) in [5, 5.41) is 23.0. The molecule has 8 nitrogen and oxygen atoms in total. The van der Waals surface area contributed by atoms with Gasteiger partial charge < -0.3 is 20.8 Å². The molecule has 0 bridgehead atoms. The zero-order chi connectivity index (χ0) is 39.5. The Labute approximate surface area is 299 Å². The van der Waals surface area contributed by atoms with Gasteiger partial charge in [-0.3, -0.25) is 19.2 Å². The second-order valence-electron chi connectivity index (χ2n) is 14.2. The van der Waals surface area contributed by atoms with Crippen molar-refractivity contribution in [3.05, 3.63) is 12.2 Å². The first-order chi connectivity index (χ1) is 22.1. The van der Waals surface area contributed by atoms with Crippen LogP contribution in [0.15, 0.2) is 12.2 Å². The highest BCUT2D eigenvalue weighted by Gasteiger charge is 2.20. The van der Waals surface area contributed by atoms with Gasteiger partial charge in [-0.2, -0.15) is 0 Å². The Morgan fingerprint density at radius 2 is 1.06 bits per heavy atom. The molecule has 48 heavy (non-hydrogen) atoms. The first-order valence-corrected chi connectivity index (χ1v) is 18.7. The van der Waals surface area contributed by atoms with Crippen LogP contribution in [0.2, 0.25) is 0 Å². The molecule has 4 N–H and O–H groups in total. The van der Waals surface area contributed by atoms with Gasteiger partial charge in [0.25, 0.3) is 0 Å². The molecule has 0 spiro atoms. The first kappa shape index (κ1) is 58.2. The molecule has 0 aliphatic rings. The van der Waals surface area contributed by atoms with Crippen LogP contribution in [0.3, 0.4) is 0 Å². The van der Waals surface area contributed by atoms with Crippen molar-refractivity contribution in [2.24, 2.45) is 23.7 Å². The lowest BCUT2D eigenvalue weighted by molar-refractivity contribution is -0.126. The molecule has 0 aromatic rings. The van der Waals surface area contributed by atoms with Gasteiger partial charge in [-0.25, -0.2) is 0 Å². The minimum atomic E-state index is -0.461. The van der Waals surface area contributed by atoms with Crippen molar-refractivity contribution in [1.29, 1.82) is 0 Å². The largest absolute Gasteiger partial charge is 0.396 e. The van der Waals surface area contributed by atoms with Crippen molar-refractivity contribution in [2.75, 3.05) is 13.2 Å². The zero-order valence-corrected chi connectivity index (χ0v) is 35.1. The number of rotatable bonds is 17. The summed E-state index contributed by atoms with van der Waals surface area (Å²) in [7, 11) is 0.